The van der Waals surface area contributed by atoms with Crippen LogP contribution in [0.2, 0.25) is 0 Å². The Kier molecular flexibility index (Phi) is 8.52. The highest BCUT2D eigenvalue weighted by atomic mass is 16.5. The fourth-order valence-electron chi connectivity index (χ4n) is 4.64. The van der Waals surface area contributed by atoms with Gasteiger partial charge in [-0.2, -0.15) is 0 Å². The van der Waals surface area contributed by atoms with Crippen molar-refractivity contribution in [3.8, 4) is 0 Å². The molecule has 2 atom stereocenters. The number of aliphatic hydroxyl groups is 2. The Bertz CT molecular complexity index is 872. The third kappa shape index (κ3) is 6.55. The minimum Gasteiger partial charge on any atom is -0.488 e. The van der Waals surface area contributed by atoms with Crippen LogP contribution in [0.4, 0.5) is 0 Å². The van der Waals surface area contributed by atoms with Gasteiger partial charge in [-0.25, -0.2) is 0 Å². The molecule has 0 amide bonds. The van der Waals surface area contributed by atoms with Crippen molar-refractivity contribution in [2.45, 2.75) is 105 Å². The summed E-state index contributed by atoms with van der Waals surface area (Å²) in [4.78, 5) is 5.02. The van der Waals surface area contributed by atoms with Crippen molar-refractivity contribution in [1.29, 1.82) is 0 Å². The van der Waals surface area contributed by atoms with Gasteiger partial charge >= 0.3 is 0 Å². The molecule has 0 spiro atoms. The quantitative estimate of drug-likeness (QED) is 0.351. The second-order valence-electron chi connectivity index (χ2n) is 11.0. The second kappa shape index (κ2) is 10.4. The van der Waals surface area contributed by atoms with Gasteiger partial charge < -0.3 is 14.9 Å². The lowest BCUT2D eigenvalue weighted by Gasteiger charge is -2.37. The lowest BCUT2D eigenvalue weighted by molar-refractivity contribution is 0.0599. The summed E-state index contributed by atoms with van der Waals surface area (Å²) in [6.45, 7) is 20.5. The lowest BCUT2D eigenvalue weighted by Crippen LogP contribution is -2.29. The molecule has 0 saturated carbocycles. The molecule has 0 radical (unpaired) electrons. The topological polar surface area (TPSA) is 62.6 Å². The van der Waals surface area contributed by atoms with Crippen LogP contribution in [0, 0.1) is 5.41 Å². The minimum atomic E-state index is -0.696. The highest BCUT2D eigenvalue weighted by Gasteiger charge is 2.36. The molecule has 1 aliphatic rings. The molecule has 0 bridgehead atoms. The van der Waals surface area contributed by atoms with Crippen LogP contribution in [0.15, 0.2) is 36.6 Å². The van der Waals surface area contributed by atoms with E-state index in [9.17, 15) is 10.2 Å². The van der Waals surface area contributed by atoms with E-state index in [0.29, 0.717) is 18.6 Å². The number of ether oxygens (including phenoxy) is 1. The van der Waals surface area contributed by atoms with E-state index in [1.165, 1.54) is 0 Å². The zero-order valence-electron chi connectivity index (χ0n) is 21.3. The van der Waals surface area contributed by atoms with Crippen LogP contribution >= 0.6 is 0 Å². The Morgan fingerprint density at radius 1 is 1.31 bits per heavy atom. The van der Waals surface area contributed by atoms with E-state index in [1.807, 2.05) is 39.0 Å². The van der Waals surface area contributed by atoms with E-state index in [2.05, 4.69) is 41.2 Å². The maximum atomic E-state index is 11.3. The van der Waals surface area contributed by atoms with Gasteiger partial charge in [-0.1, -0.05) is 53.3 Å². The molecule has 1 aromatic rings. The van der Waals surface area contributed by atoms with Gasteiger partial charge in [0.05, 0.1) is 12.2 Å². The monoisotopic (exact) mass is 441 g/mol. The smallest absolute Gasteiger partial charge is 0.119 e. The fraction of sp³-hybridized carbons (Fsp3) is 0.607. The van der Waals surface area contributed by atoms with Crippen LogP contribution in [0.5, 0.6) is 0 Å². The average Bonchev–Trinajstić information content (AvgIpc) is 2.64. The van der Waals surface area contributed by atoms with Crippen molar-refractivity contribution in [1.82, 2.24) is 4.98 Å². The first-order chi connectivity index (χ1) is 14.8. The predicted octanol–water partition coefficient (Wildman–Crippen LogP) is 6.64. The Hall–Kier alpha value is -1.91. The van der Waals surface area contributed by atoms with Crippen molar-refractivity contribution in [3.05, 3.63) is 64.7 Å². The number of allylic oxidation sites excluding steroid dienone is 3. The van der Waals surface area contributed by atoms with Crippen molar-refractivity contribution in [2.75, 3.05) is 0 Å². The Morgan fingerprint density at radius 3 is 2.50 bits per heavy atom. The highest BCUT2D eigenvalue weighted by molar-refractivity contribution is 5.46. The molecule has 0 fully saturated rings. The average molecular weight is 442 g/mol. The largest absolute Gasteiger partial charge is 0.488 e. The lowest BCUT2D eigenvalue weighted by atomic mass is 9.72. The van der Waals surface area contributed by atoms with E-state index in [1.54, 1.807) is 6.08 Å². The van der Waals surface area contributed by atoms with Gasteiger partial charge in [0.25, 0.3) is 0 Å². The van der Waals surface area contributed by atoms with Crippen LogP contribution < -0.4 is 0 Å². The molecule has 4 nitrogen and oxygen atoms in total. The normalized spacial score (nSPS) is 19.8. The summed E-state index contributed by atoms with van der Waals surface area (Å²) in [6, 6.07) is 0. The molecule has 2 N–H and O–H groups in total. The van der Waals surface area contributed by atoms with Crippen LogP contribution in [0.25, 0.3) is 0 Å². The Labute approximate surface area is 195 Å². The molecule has 1 heterocycles. The van der Waals surface area contributed by atoms with E-state index in [4.69, 9.17) is 9.72 Å². The number of nitrogens with zero attached hydrogens (tertiary/aromatic N) is 1. The van der Waals surface area contributed by atoms with E-state index in [0.717, 1.165) is 40.9 Å². The third-order valence-electron chi connectivity index (χ3n) is 5.80. The van der Waals surface area contributed by atoms with Gasteiger partial charge in [-0.3, -0.25) is 4.98 Å². The number of aromatic nitrogens is 1. The Morgan fingerprint density at radius 2 is 1.97 bits per heavy atom. The second-order valence-corrected chi connectivity index (χ2v) is 11.0. The first-order valence-electron chi connectivity index (χ1n) is 11.9. The standard InChI is InChI=1S/C28H43NO3/c1-10-13-19(32-27(5,6)7)14-12-15-22(30)25-20(11-2)24-21(29-26(25)18(3)4)16-28(8,9)17-23(24)31/h10,12-14,18,22-23,30-31H,1,11,15-17H2,2-9H3/b14-12-,19-13+. The summed E-state index contributed by atoms with van der Waals surface area (Å²) in [5.74, 6) is 0.891. The first-order valence-corrected chi connectivity index (χ1v) is 11.9. The molecule has 4 heteroatoms. The number of hydrogen-bond donors (Lipinski definition) is 2. The molecular weight excluding hydrogens is 398 g/mol. The van der Waals surface area contributed by atoms with Crippen LogP contribution in [-0.2, 0) is 17.6 Å². The number of pyridine rings is 1. The van der Waals surface area contributed by atoms with Gasteiger partial charge in [0.15, 0.2) is 0 Å². The molecule has 1 aromatic heterocycles. The molecule has 2 unspecified atom stereocenters. The van der Waals surface area contributed by atoms with Crippen molar-refractivity contribution in [3.63, 3.8) is 0 Å². The van der Waals surface area contributed by atoms with Gasteiger partial charge in [-0.05, 0) is 75.5 Å². The zero-order valence-corrected chi connectivity index (χ0v) is 21.3. The molecule has 0 aromatic carbocycles. The summed E-state index contributed by atoms with van der Waals surface area (Å²) in [5, 5.41) is 22.3. The van der Waals surface area contributed by atoms with Crippen LogP contribution in [0.3, 0.4) is 0 Å². The summed E-state index contributed by atoms with van der Waals surface area (Å²) >= 11 is 0. The summed E-state index contributed by atoms with van der Waals surface area (Å²) < 4.78 is 5.96. The summed E-state index contributed by atoms with van der Waals surface area (Å²) in [7, 11) is 0. The molecular formula is C28H43NO3. The minimum absolute atomic E-state index is 0.0164. The van der Waals surface area contributed by atoms with Gasteiger partial charge in [-0.15, -0.1) is 0 Å². The van der Waals surface area contributed by atoms with Gasteiger partial charge in [0, 0.05) is 22.5 Å². The number of rotatable bonds is 8. The van der Waals surface area contributed by atoms with Crippen molar-refractivity contribution < 1.29 is 14.9 Å². The Balaban J connectivity index is 2.44. The molecule has 178 valence electrons. The highest BCUT2D eigenvalue weighted by Crippen LogP contribution is 2.44. The zero-order chi connectivity index (χ0) is 24.3. The SMILES string of the molecule is C=C/C=C(\C=C/CC(O)c1c(C(C)C)nc2c(c1CC)C(O)CC(C)(C)C2)OC(C)(C)C. The number of aliphatic hydroxyl groups excluding tert-OH is 2. The molecule has 2 rings (SSSR count). The molecule has 32 heavy (non-hydrogen) atoms. The maximum Gasteiger partial charge on any atom is 0.119 e. The van der Waals surface area contributed by atoms with Crippen LogP contribution in [0.1, 0.15) is 114 Å². The first kappa shape index (κ1) is 26.3. The summed E-state index contributed by atoms with van der Waals surface area (Å²) in [6.07, 6.45) is 8.87. The predicted molar refractivity (Wildman–Crippen MR) is 133 cm³/mol. The molecule has 1 aliphatic carbocycles. The van der Waals surface area contributed by atoms with Gasteiger partial charge in [0.2, 0.25) is 0 Å². The third-order valence-corrected chi connectivity index (χ3v) is 5.80. The van der Waals surface area contributed by atoms with E-state index >= 15 is 0 Å². The van der Waals surface area contributed by atoms with Crippen molar-refractivity contribution in [2.24, 2.45) is 5.41 Å². The fourth-order valence-corrected chi connectivity index (χ4v) is 4.64. The number of fused-ring (bicyclic) bond motifs is 1. The van der Waals surface area contributed by atoms with Crippen LogP contribution in [-0.4, -0.2) is 20.8 Å². The van der Waals surface area contributed by atoms with E-state index < -0.39 is 12.2 Å². The van der Waals surface area contributed by atoms with Crippen molar-refractivity contribution >= 4 is 0 Å². The van der Waals surface area contributed by atoms with E-state index in [-0.39, 0.29) is 16.9 Å². The number of hydrogen-bond acceptors (Lipinski definition) is 4. The molecule has 0 saturated heterocycles. The maximum absolute atomic E-state index is 11.3. The van der Waals surface area contributed by atoms with Gasteiger partial charge in [0.1, 0.15) is 11.4 Å². The molecule has 0 aliphatic heterocycles. The summed E-state index contributed by atoms with van der Waals surface area (Å²) in [5.41, 5.74) is 4.53.